The van der Waals surface area contributed by atoms with E-state index >= 15 is 0 Å². The average Bonchev–Trinajstić information content (AvgIpc) is 2.81. The second-order valence-electron chi connectivity index (χ2n) is 5.89. The number of imide groups is 1. The minimum absolute atomic E-state index is 0.0180. The summed E-state index contributed by atoms with van der Waals surface area (Å²) in [7, 11) is 0. The van der Waals surface area contributed by atoms with Gasteiger partial charge >= 0.3 is 0 Å². The molecule has 112 valence electrons. The smallest absolute Gasteiger partial charge is 0.247 e. The highest BCUT2D eigenvalue weighted by Gasteiger charge is 2.42. The molecule has 3 rings (SSSR count). The van der Waals surface area contributed by atoms with Crippen LogP contribution in [0.15, 0.2) is 24.5 Å². The van der Waals surface area contributed by atoms with Crippen LogP contribution in [0.3, 0.4) is 0 Å². The molecular weight excluding hydrogens is 266 g/mol. The first-order valence-corrected chi connectivity index (χ1v) is 7.74. The summed E-state index contributed by atoms with van der Waals surface area (Å²) in [5, 5.41) is 3.20. The molecule has 1 unspecified atom stereocenters. The van der Waals surface area contributed by atoms with Crippen molar-refractivity contribution >= 4 is 11.8 Å². The predicted molar refractivity (Wildman–Crippen MR) is 78.2 cm³/mol. The lowest BCUT2D eigenvalue weighted by molar-refractivity contribution is -0.142. The molecule has 1 aromatic rings. The van der Waals surface area contributed by atoms with E-state index in [0.717, 1.165) is 31.2 Å². The first kappa shape index (κ1) is 14.2. The van der Waals surface area contributed by atoms with Gasteiger partial charge in [-0.1, -0.05) is 25.3 Å². The van der Waals surface area contributed by atoms with Gasteiger partial charge in [0.25, 0.3) is 0 Å². The predicted octanol–water partition coefficient (Wildman–Crippen LogP) is 1.63. The maximum atomic E-state index is 12.5. The number of hydrogen-bond acceptors (Lipinski definition) is 4. The van der Waals surface area contributed by atoms with E-state index in [1.807, 2.05) is 12.1 Å². The molecule has 0 spiro atoms. The number of carbonyl (C=O) groups excluding carboxylic acids is 2. The van der Waals surface area contributed by atoms with Crippen LogP contribution in [0.5, 0.6) is 0 Å². The Morgan fingerprint density at radius 2 is 2.05 bits per heavy atom. The van der Waals surface area contributed by atoms with Gasteiger partial charge in [-0.15, -0.1) is 0 Å². The molecule has 0 bridgehead atoms. The molecule has 5 heteroatoms. The Bertz CT molecular complexity index is 512. The van der Waals surface area contributed by atoms with Crippen molar-refractivity contribution in [1.82, 2.24) is 15.2 Å². The number of rotatable bonds is 4. The lowest BCUT2D eigenvalue weighted by atomic mass is 9.94. The third-order valence-corrected chi connectivity index (χ3v) is 4.40. The number of nitrogens with zero attached hydrogens (tertiary/aromatic N) is 2. The van der Waals surface area contributed by atoms with Gasteiger partial charge < -0.3 is 5.32 Å². The van der Waals surface area contributed by atoms with Gasteiger partial charge in [0, 0.05) is 25.0 Å². The summed E-state index contributed by atoms with van der Waals surface area (Å²) in [6.07, 6.45) is 9.17. The Kier molecular flexibility index (Phi) is 4.29. The summed E-state index contributed by atoms with van der Waals surface area (Å²) in [4.78, 5) is 30.2. The van der Waals surface area contributed by atoms with Gasteiger partial charge in [0.2, 0.25) is 11.8 Å². The molecule has 0 aromatic carbocycles. The van der Waals surface area contributed by atoms with Crippen LogP contribution < -0.4 is 5.32 Å². The van der Waals surface area contributed by atoms with Crippen molar-refractivity contribution in [3.05, 3.63) is 30.1 Å². The summed E-state index contributed by atoms with van der Waals surface area (Å²) in [6, 6.07) is 3.58. The monoisotopic (exact) mass is 287 g/mol. The lowest BCUT2D eigenvalue weighted by Crippen LogP contribution is -2.44. The molecule has 2 heterocycles. The Morgan fingerprint density at radius 1 is 1.24 bits per heavy atom. The van der Waals surface area contributed by atoms with E-state index in [1.54, 1.807) is 12.4 Å². The van der Waals surface area contributed by atoms with E-state index in [9.17, 15) is 9.59 Å². The zero-order chi connectivity index (χ0) is 14.7. The first-order valence-electron chi connectivity index (χ1n) is 7.74. The van der Waals surface area contributed by atoms with Gasteiger partial charge in [-0.25, -0.2) is 0 Å². The maximum Gasteiger partial charge on any atom is 0.247 e. The van der Waals surface area contributed by atoms with Crippen LogP contribution in [0.1, 0.15) is 44.1 Å². The summed E-state index contributed by atoms with van der Waals surface area (Å²) in [6.45, 7) is 0.566. The molecule has 1 aliphatic carbocycles. The number of hydrogen-bond donors (Lipinski definition) is 1. The standard InChI is InChI=1S/C16H21N3O2/c20-15-9-14(18-11-12-5-4-8-17-10-12)16(21)19(15)13-6-2-1-3-7-13/h4-5,8,10,13-14,18H,1-3,6-7,9,11H2. The number of pyridine rings is 1. The third kappa shape index (κ3) is 3.13. The molecule has 1 saturated heterocycles. The van der Waals surface area contributed by atoms with E-state index in [2.05, 4.69) is 10.3 Å². The molecule has 1 saturated carbocycles. The van der Waals surface area contributed by atoms with Gasteiger partial charge in [0.05, 0.1) is 12.5 Å². The van der Waals surface area contributed by atoms with Gasteiger partial charge in [-0.05, 0) is 24.5 Å². The summed E-state index contributed by atoms with van der Waals surface area (Å²) in [5.74, 6) is -0.0635. The van der Waals surface area contributed by atoms with Gasteiger partial charge in [0.15, 0.2) is 0 Å². The lowest BCUT2D eigenvalue weighted by Gasteiger charge is -2.29. The topological polar surface area (TPSA) is 62.3 Å². The summed E-state index contributed by atoms with van der Waals surface area (Å²) < 4.78 is 0. The van der Waals surface area contributed by atoms with Crippen LogP contribution in [-0.4, -0.2) is 33.8 Å². The molecule has 2 fully saturated rings. The number of likely N-dealkylation sites (tertiary alicyclic amines) is 1. The van der Waals surface area contributed by atoms with Crippen molar-refractivity contribution in [3.8, 4) is 0 Å². The van der Waals surface area contributed by atoms with E-state index in [1.165, 1.54) is 11.3 Å². The van der Waals surface area contributed by atoms with Crippen molar-refractivity contribution in [3.63, 3.8) is 0 Å². The quantitative estimate of drug-likeness (QED) is 0.855. The fraction of sp³-hybridized carbons (Fsp3) is 0.562. The van der Waals surface area contributed by atoms with Crippen molar-refractivity contribution in [2.45, 2.75) is 57.2 Å². The van der Waals surface area contributed by atoms with Crippen LogP contribution >= 0.6 is 0 Å². The number of carbonyl (C=O) groups is 2. The minimum Gasteiger partial charge on any atom is -0.301 e. The second kappa shape index (κ2) is 6.35. The van der Waals surface area contributed by atoms with Crippen LogP contribution in [0.2, 0.25) is 0 Å². The van der Waals surface area contributed by atoms with E-state index < -0.39 is 0 Å². The maximum absolute atomic E-state index is 12.5. The van der Waals surface area contributed by atoms with Gasteiger partial charge in [0.1, 0.15) is 0 Å². The Morgan fingerprint density at radius 3 is 2.76 bits per heavy atom. The van der Waals surface area contributed by atoms with Crippen LogP contribution in [0.25, 0.3) is 0 Å². The van der Waals surface area contributed by atoms with Crippen molar-refractivity contribution < 1.29 is 9.59 Å². The summed E-state index contributed by atoms with van der Waals surface area (Å²) in [5.41, 5.74) is 1.02. The van der Waals surface area contributed by atoms with Crippen molar-refractivity contribution in [2.24, 2.45) is 0 Å². The summed E-state index contributed by atoms with van der Waals surface area (Å²) >= 11 is 0. The van der Waals surface area contributed by atoms with Gasteiger partial charge in [-0.3, -0.25) is 19.5 Å². The normalized spacial score (nSPS) is 23.8. The fourth-order valence-electron chi connectivity index (χ4n) is 3.28. The first-order chi connectivity index (χ1) is 10.3. The molecule has 2 aliphatic rings. The van der Waals surface area contributed by atoms with Crippen LogP contribution in [-0.2, 0) is 16.1 Å². The molecule has 2 amide bonds. The zero-order valence-corrected chi connectivity index (χ0v) is 12.1. The molecule has 1 aliphatic heterocycles. The molecule has 0 radical (unpaired) electrons. The highest BCUT2D eigenvalue weighted by atomic mass is 16.2. The van der Waals surface area contributed by atoms with E-state index in [4.69, 9.17) is 0 Å². The fourth-order valence-corrected chi connectivity index (χ4v) is 3.28. The molecule has 1 N–H and O–H groups in total. The highest BCUT2D eigenvalue weighted by Crippen LogP contribution is 2.27. The highest BCUT2D eigenvalue weighted by molar-refractivity contribution is 6.05. The van der Waals surface area contributed by atoms with Gasteiger partial charge in [-0.2, -0.15) is 0 Å². The third-order valence-electron chi connectivity index (χ3n) is 4.40. The Hall–Kier alpha value is -1.75. The molecule has 5 nitrogen and oxygen atoms in total. The molecule has 21 heavy (non-hydrogen) atoms. The number of aromatic nitrogens is 1. The van der Waals surface area contributed by atoms with Crippen LogP contribution in [0, 0.1) is 0 Å². The number of nitrogens with one attached hydrogen (secondary N) is 1. The second-order valence-corrected chi connectivity index (χ2v) is 5.89. The largest absolute Gasteiger partial charge is 0.301 e. The Labute approximate surface area is 124 Å². The molecule has 1 aromatic heterocycles. The SMILES string of the molecule is O=C1CC(NCc2cccnc2)C(=O)N1C1CCCCC1. The Balaban J connectivity index is 1.60. The minimum atomic E-state index is -0.375. The van der Waals surface area contributed by atoms with Crippen molar-refractivity contribution in [2.75, 3.05) is 0 Å². The van der Waals surface area contributed by atoms with Crippen molar-refractivity contribution in [1.29, 1.82) is 0 Å². The molecule has 1 atom stereocenters. The zero-order valence-electron chi connectivity index (χ0n) is 12.1. The van der Waals surface area contributed by atoms with Crippen LogP contribution in [0.4, 0.5) is 0 Å². The molecular formula is C16H21N3O2. The van der Waals surface area contributed by atoms with E-state index in [-0.39, 0.29) is 30.3 Å². The average molecular weight is 287 g/mol. The van der Waals surface area contributed by atoms with E-state index in [0.29, 0.717) is 6.54 Å². The number of amides is 2.